The lowest BCUT2D eigenvalue weighted by Crippen LogP contribution is -2.44. The van der Waals surface area contributed by atoms with Crippen LogP contribution in [0.15, 0.2) is 29.6 Å². The summed E-state index contributed by atoms with van der Waals surface area (Å²) >= 11 is 6.34. The van der Waals surface area contributed by atoms with Crippen LogP contribution in [0.3, 0.4) is 0 Å². The average molecular weight is 540 g/mol. The van der Waals surface area contributed by atoms with Crippen LogP contribution in [0, 0.1) is 5.82 Å². The summed E-state index contributed by atoms with van der Waals surface area (Å²) in [7, 11) is 0. The van der Waals surface area contributed by atoms with Gasteiger partial charge in [-0.1, -0.05) is 31.2 Å². The number of pyridine rings is 2. The fourth-order valence-corrected chi connectivity index (χ4v) is 6.11. The third kappa shape index (κ3) is 3.23. The number of aromatic nitrogens is 2. The number of halogens is 2. The molecule has 11 heteroatoms. The fourth-order valence-electron chi connectivity index (χ4n) is 5.86. The summed E-state index contributed by atoms with van der Waals surface area (Å²) in [5.41, 5.74) is 0.782. The van der Waals surface area contributed by atoms with Crippen molar-refractivity contribution in [1.29, 1.82) is 0 Å². The minimum Gasteiger partial charge on any atom is -0.458 e. The Morgan fingerprint density at radius 2 is 2.16 bits per heavy atom. The zero-order chi connectivity index (χ0) is 27.1. The smallest absolute Gasteiger partial charge is 0.343 e. The highest BCUT2D eigenvalue weighted by atomic mass is 35.5. The molecule has 2 aromatic heterocycles. The molecule has 0 radical (unpaired) electrons. The zero-order valence-electron chi connectivity index (χ0n) is 20.3. The number of cyclic esters (lactones) is 1. The number of hydrogen-bond donors (Lipinski definition) is 3. The van der Waals surface area contributed by atoms with Gasteiger partial charge >= 0.3 is 5.97 Å². The first-order valence-electron chi connectivity index (χ1n) is 12.2. The van der Waals surface area contributed by atoms with E-state index in [0.29, 0.717) is 51.8 Å². The van der Waals surface area contributed by atoms with Gasteiger partial charge in [0.25, 0.3) is 11.5 Å². The fraction of sp³-hybridized carbons (Fsp3) is 0.333. The second-order valence-corrected chi connectivity index (χ2v) is 10.2. The number of aliphatic hydroxyl groups excluding tert-OH is 1. The number of nitrogens with zero attached hydrogens (tertiary/aromatic N) is 2. The first-order chi connectivity index (χ1) is 18.1. The van der Waals surface area contributed by atoms with Crippen LogP contribution in [-0.2, 0) is 39.5 Å². The topological polar surface area (TPSA) is 131 Å². The molecule has 0 bridgehead atoms. The molecule has 0 fully saturated rings. The first kappa shape index (κ1) is 24.7. The van der Waals surface area contributed by atoms with Gasteiger partial charge in [-0.05, 0) is 36.5 Å². The molecule has 1 aliphatic carbocycles. The Balaban J connectivity index is 1.63. The minimum absolute atomic E-state index is 0.00219. The van der Waals surface area contributed by atoms with E-state index < -0.39 is 41.0 Å². The lowest BCUT2D eigenvalue weighted by molar-refractivity contribution is -0.172. The van der Waals surface area contributed by atoms with E-state index in [4.69, 9.17) is 21.3 Å². The van der Waals surface area contributed by atoms with Gasteiger partial charge in [0.15, 0.2) is 11.7 Å². The first-order valence-corrected chi connectivity index (χ1v) is 12.6. The van der Waals surface area contributed by atoms with Crippen LogP contribution in [-0.4, -0.2) is 37.7 Å². The predicted octanol–water partition coefficient (Wildman–Crippen LogP) is 2.52. The Labute approximate surface area is 220 Å². The maximum atomic E-state index is 14.8. The third-order valence-corrected chi connectivity index (χ3v) is 8.26. The van der Waals surface area contributed by atoms with Crippen LogP contribution in [0.4, 0.5) is 4.39 Å². The van der Waals surface area contributed by atoms with Gasteiger partial charge in [0.05, 0.1) is 40.1 Å². The summed E-state index contributed by atoms with van der Waals surface area (Å²) in [5, 5.41) is 24.5. The molecule has 196 valence electrons. The number of esters is 1. The number of nitrogens with one attached hydrogen (secondary N) is 1. The molecule has 9 nitrogen and oxygen atoms in total. The van der Waals surface area contributed by atoms with Crippen LogP contribution in [0.2, 0.25) is 5.02 Å². The van der Waals surface area contributed by atoms with E-state index in [1.165, 1.54) is 10.6 Å². The van der Waals surface area contributed by atoms with Crippen molar-refractivity contribution >= 4 is 34.4 Å². The van der Waals surface area contributed by atoms with Crippen molar-refractivity contribution < 1.29 is 28.9 Å². The SMILES string of the molecule is C=C[C@H](O)C(=O)N[C@H]1CCc2c(Cl)c(F)cc3nc4c(c1c23)Cn1c-4cc2c(c1=O)COC(=O)[C@]2(O)CC. The number of amides is 1. The van der Waals surface area contributed by atoms with E-state index in [2.05, 4.69) is 11.9 Å². The molecule has 3 aromatic rings. The molecule has 3 N–H and O–H groups in total. The summed E-state index contributed by atoms with van der Waals surface area (Å²) < 4.78 is 21.4. The quantitative estimate of drug-likeness (QED) is 0.268. The molecule has 0 saturated carbocycles. The number of hydrogen-bond acceptors (Lipinski definition) is 7. The Morgan fingerprint density at radius 3 is 2.87 bits per heavy atom. The predicted molar refractivity (Wildman–Crippen MR) is 135 cm³/mol. The Morgan fingerprint density at radius 1 is 1.39 bits per heavy atom. The number of ether oxygens (including phenoxy) is 1. The highest BCUT2D eigenvalue weighted by Crippen LogP contribution is 2.46. The maximum Gasteiger partial charge on any atom is 0.343 e. The van der Waals surface area contributed by atoms with E-state index in [0.717, 1.165) is 6.08 Å². The number of rotatable bonds is 4. The van der Waals surface area contributed by atoms with Gasteiger partial charge in [-0.2, -0.15) is 0 Å². The van der Waals surface area contributed by atoms with Crippen LogP contribution in [0.25, 0.3) is 22.3 Å². The zero-order valence-corrected chi connectivity index (χ0v) is 21.1. The van der Waals surface area contributed by atoms with Crippen molar-refractivity contribution in [3.63, 3.8) is 0 Å². The summed E-state index contributed by atoms with van der Waals surface area (Å²) in [6.07, 6.45) is 0.423. The average Bonchev–Trinajstić information content (AvgIpc) is 3.28. The second kappa shape index (κ2) is 8.45. The molecule has 2 aliphatic heterocycles. The minimum atomic E-state index is -1.99. The van der Waals surface area contributed by atoms with Gasteiger partial charge in [0.2, 0.25) is 0 Å². The monoisotopic (exact) mass is 539 g/mol. The van der Waals surface area contributed by atoms with E-state index in [1.54, 1.807) is 13.0 Å². The van der Waals surface area contributed by atoms with Crippen LogP contribution < -0.4 is 10.9 Å². The number of carbonyl (C=O) groups is 2. The Kier molecular flexibility index (Phi) is 5.50. The molecule has 6 rings (SSSR count). The molecule has 1 amide bonds. The number of aliphatic hydroxyl groups is 2. The van der Waals surface area contributed by atoms with Gasteiger partial charge in [0, 0.05) is 22.6 Å². The molecule has 1 aromatic carbocycles. The van der Waals surface area contributed by atoms with E-state index in [9.17, 15) is 29.0 Å². The van der Waals surface area contributed by atoms with Gasteiger partial charge in [-0.15, -0.1) is 0 Å². The van der Waals surface area contributed by atoms with Crippen LogP contribution in [0.1, 0.15) is 53.6 Å². The highest BCUT2D eigenvalue weighted by Gasteiger charge is 2.46. The second-order valence-electron chi connectivity index (χ2n) is 9.78. The molecule has 3 atom stereocenters. The molecular formula is C27H23ClFN3O6. The number of benzene rings is 1. The standard InChI is InChI=1S/C27H23ClFN3O6/c1-3-19(33)24(34)31-16-6-5-11-20-17(8-15(29)22(11)28)30-23-12(21(16)20)9-32-18(23)7-14-13(25(32)35)10-38-26(36)27(14,37)4-2/h3,7-8,16,19,33,37H,1,4-6,9-10H2,2H3,(H,31,34)/t16-,19-,27-/m0/s1. The van der Waals surface area contributed by atoms with E-state index >= 15 is 0 Å². The van der Waals surface area contributed by atoms with Crippen molar-refractivity contribution in [1.82, 2.24) is 14.9 Å². The van der Waals surface area contributed by atoms with Crippen molar-refractivity contribution in [2.24, 2.45) is 0 Å². The van der Waals surface area contributed by atoms with E-state index in [-0.39, 0.29) is 35.7 Å². The van der Waals surface area contributed by atoms with Crippen molar-refractivity contribution in [2.75, 3.05) is 0 Å². The van der Waals surface area contributed by atoms with Crippen LogP contribution >= 0.6 is 11.6 Å². The number of fused-ring (bicyclic) bond motifs is 5. The highest BCUT2D eigenvalue weighted by molar-refractivity contribution is 6.32. The summed E-state index contributed by atoms with van der Waals surface area (Å²) in [5.74, 6) is -2.12. The van der Waals surface area contributed by atoms with Gasteiger partial charge < -0.3 is 24.8 Å². The normalized spacial score (nSPS) is 21.8. The molecule has 0 unspecified atom stereocenters. The summed E-state index contributed by atoms with van der Waals surface area (Å²) in [6.45, 7) is 4.90. The molecule has 38 heavy (non-hydrogen) atoms. The van der Waals surface area contributed by atoms with Gasteiger partial charge in [0.1, 0.15) is 12.4 Å². The molecule has 4 heterocycles. The summed E-state index contributed by atoms with van der Waals surface area (Å²) in [4.78, 5) is 43.4. The Bertz CT molecular complexity index is 1670. The number of carbonyl (C=O) groups excluding carboxylic acids is 2. The van der Waals surface area contributed by atoms with Crippen LogP contribution in [0.5, 0.6) is 0 Å². The Hall–Kier alpha value is -3.60. The van der Waals surface area contributed by atoms with Gasteiger partial charge in [-0.3, -0.25) is 9.59 Å². The molecule has 0 spiro atoms. The van der Waals surface area contributed by atoms with Crippen molar-refractivity contribution in [2.45, 2.75) is 57.1 Å². The van der Waals surface area contributed by atoms with Gasteiger partial charge in [-0.25, -0.2) is 14.2 Å². The largest absolute Gasteiger partial charge is 0.458 e. The lowest BCUT2D eigenvalue weighted by Gasteiger charge is -2.31. The van der Waals surface area contributed by atoms with Crippen molar-refractivity contribution in [3.05, 3.63) is 73.8 Å². The lowest BCUT2D eigenvalue weighted by atomic mass is 9.83. The third-order valence-electron chi connectivity index (χ3n) is 7.85. The summed E-state index contributed by atoms with van der Waals surface area (Å²) in [6, 6.07) is 2.21. The maximum absolute atomic E-state index is 14.8. The molecule has 0 saturated heterocycles. The van der Waals surface area contributed by atoms with Crippen molar-refractivity contribution in [3.8, 4) is 11.4 Å². The molecule has 3 aliphatic rings. The number of aryl methyl sites for hydroxylation is 1. The molecular weight excluding hydrogens is 517 g/mol. The van der Waals surface area contributed by atoms with E-state index in [1.807, 2.05) is 0 Å².